The van der Waals surface area contributed by atoms with E-state index in [1.165, 1.54) is 12.0 Å². The lowest BCUT2D eigenvalue weighted by molar-refractivity contribution is -0.142. The van der Waals surface area contributed by atoms with Gasteiger partial charge in [-0.1, -0.05) is 0 Å². The van der Waals surface area contributed by atoms with Crippen molar-refractivity contribution in [3.63, 3.8) is 0 Å². The Hall–Kier alpha value is -2.28. The molecule has 1 N–H and O–H groups in total. The lowest BCUT2D eigenvalue weighted by Gasteiger charge is -2.21. The van der Waals surface area contributed by atoms with Crippen LogP contribution in [0.5, 0.6) is 11.5 Å². The highest BCUT2D eigenvalue weighted by atomic mass is 16.5. The van der Waals surface area contributed by atoms with Crippen LogP contribution in [0, 0.1) is 0 Å². The number of esters is 1. The molecule has 0 atom stereocenters. The maximum Gasteiger partial charge on any atom is 0.307 e. The van der Waals surface area contributed by atoms with E-state index < -0.39 is 0 Å². The summed E-state index contributed by atoms with van der Waals surface area (Å²) < 4.78 is 15.2. The first kappa shape index (κ1) is 19.8. The lowest BCUT2D eigenvalue weighted by atomic mass is 10.2. The summed E-state index contributed by atoms with van der Waals surface area (Å²) in [6.07, 6.45) is 0.951. The van der Waals surface area contributed by atoms with Crippen molar-refractivity contribution in [2.75, 3.05) is 40.5 Å². The van der Waals surface area contributed by atoms with Gasteiger partial charge in [-0.3, -0.25) is 9.59 Å². The van der Waals surface area contributed by atoms with Crippen LogP contribution in [0.1, 0.15) is 19.3 Å². The Bertz CT molecular complexity index is 502. The molecule has 1 rings (SSSR count). The highest BCUT2D eigenvalue weighted by molar-refractivity contribution is 5.77. The van der Waals surface area contributed by atoms with Crippen LogP contribution in [0.25, 0.3) is 0 Å². The monoisotopic (exact) mass is 339 g/mol. The van der Waals surface area contributed by atoms with E-state index in [1.807, 2.05) is 0 Å². The van der Waals surface area contributed by atoms with E-state index in [4.69, 9.17) is 14.6 Å². The molecule has 0 bridgehead atoms. The third-order valence-electron chi connectivity index (χ3n) is 3.40. The second kappa shape index (κ2) is 11.3. The topological polar surface area (TPSA) is 85.3 Å². The van der Waals surface area contributed by atoms with Crippen LogP contribution in [0.3, 0.4) is 0 Å². The maximum absolute atomic E-state index is 12.1. The number of hydrogen-bond donors (Lipinski definition) is 1. The fourth-order valence-electron chi connectivity index (χ4n) is 2.05. The molecule has 0 aliphatic rings. The van der Waals surface area contributed by atoms with Gasteiger partial charge in [0.2, 0.25) is 5.91 Å². The summed E-state index contributed by atoms with van der Waals surface area (Å²) in [5, 5.41) is 9.03. The number of nitrogens with zero attached hydrogens (tertiary/aromatic N) is 1. The highest BCUT2D eigenvalue weighted by Gasteiger charge is 2.14. The molecule has 24 heavy (non-hydrogen) atoms. The first-order valence-corrected chi connectivity index (χ1v) is 7.83. The van der Waals surface area contributed by atoms with Gasteiger partial charge in [-0.25, -0.2) is 0 Å². The van der Waals surface area contributed by atoms with E-state index in [0.717, 1.165) is 5.75 Å². The van der Waals surface area contributed by atoms with Crippen LogP contribution < -0.4 is 9.47 Å². The van der Waals surface area contributed by atoms with Gasteiger partial charge in [0.25, 0.3) is 0 Å². The number of hydrogen-bond acceptors (Lipinski definition) is 6. The molecule has 7 nitrogen and oxygen atoms in total. The molecule has 7 heteroatoms. The van der Waals surface area contributed by atoms with Gasteiger partial charge >= 0.3 is 5.97 Å². The number of carbonyl (C=O) groups is 2. The van der Waals surface area contributed by atoms with Crippen molar-refractivity contribution in [2.24, 2.45) is 0 Å². The van der Waals surface area contributed by atoms with Gasteiger partial charge in [0, 0.05) is 19.5 Å². The van der Waals surface area contributed by atoms with Crippen LogP contribution in [-0.4, -0.2) is 62.4 Å². The number of aliphatic hydroxyl groups is 1. The number of benzene rings is 1. The zero-order valence-corrected chi connectivity index (χ0v) is 14.2. The summed E-state index contributed by atoms with van der Waals surface area (Å²) >= 11 is 0. The highest BCUT2D eigenvalue weighted by Crippen LogP contribution is 2.17. The molecule has 0 unspecified atom stereocenters. The Morgan fingerprint density at radius 2 is 1.71 bits per heavy atom. The quantitative estimate of drug-likeness (QED) is 0.482. The molecule has 0 saturated heterocycles. The summed E-state index contributed by atoms with van der Waals surface area (Å²) in [5.41, 5.74) is 0. The minimum absolute atomic E-state index is 0.116. The molecule has 0 aromatic heterocycles. The van der Waals surface area contributed by atoms with Crippen molar-refractivity contribution in [3.05, 3.63) is 24.3 Å². The van der Waals surface area contributed by atoms with Crippen molar-refractivity contribution in [1.29, 1.82) is 0 Å². The standard InChI is InChI=1S/C17H25NO6/c1-22-14-5-7-15(8-6-14)24-13-3-4-16(20)18(11-12-19)10-9-17(21)23-2/h5-8,19H,3-4,9-13H2,1-2H3. The molecule has 0 spiro atoms. The van der Waals surface area contributed by atoms with Crippen molar-refractivity contribution < 1.29 is 28.9 Å². The molecule has 0 aliphatic carbocycles. The predicted molar refractivity (Wildman–Crippen MR) is 88.0 cm³/mol. The van der Waals surface area contributed by atoms with Gasteiger partial charge in [0.1, 0.15) is 11.5 Å². The summed E-state index contributed by atoms with van der Waals surface area (Å²) in [5.74, 6) is 0.962. The number of ether oxygens (including phenoxy) is 3. The van der Waals surface area contributed by atoms with E-state index in [1.54, 1.807) is 31.4 Å². The second-order valence-corrected chi connectivity index (χ2v) is 5.06. The van der Waals surface area contributed by atoms with Gasteiger partial charge in [0.15, 0.2) is 0 Å². The summed E-state index contributed by atoms with van der Waals surface area (Å²) in [7, 11) is 2.90. The summed E-state index contributed by atoms with van der Waals surface area (Å²) in [4.78, 5) is 24.7. The molecular weight excluding hydrogens is 314 g/mol. The number of methoxy groups -OCH3 is 2. The van der Waals surface area contributed by atoms with Crippen molar-refractivity contribution in [1.82, 2.24) is 4.90 Å². The van der Waals surface area contributed by atoms with Gasteiger partial charge < -0.3 is 24.2 Å². The molecule has 0 radical (unpaired) electrons. The van der Waals surface area contributed by atoms with Crippen molar-refractivity contribution in [2.45, 2.75) is 19.3 Å². The minimum Gasteiger partial charge on any atom is -0.497 e. The van der Waals surface area contributed by atoms with Gasteiger partial charge in [-0.2, -0.15) is 0 Å². The summed E-state index contributed by atoms with van der Waals surface area (Å²) in [6.45, 7) is 0.706. The Morgan fingerprint density at radius 3 is 2.29 bits per heavy atom. The Morgan fingerprint density at radius 1 is 1.04 bits per heavy atom. The van der Waals surface area contributed by atoms with E-state index in [2.05, 4.69) is 4.74 Å². The van der Waals surface area contributed by atoms with Crippen LogP contribution in [0.15, 0.2) is 24.3 Å². The van der Waals surface area contributed by atoms with E-state index in [9.17, 15) is 9.59 Å². The molecule has 0 fully saturated rings. The Balaban J connectivity index is 2.31. The van der Waals surface area contributed by atoms with Crippen molar-refractivity contribution >= 4 is 11.9 Å². The van der Waals surface area contributed by atoms with Crippen molar-refractivity contribution in [3.8, 4) is 11.5 Å². The SMILES string of the molecule is COC(=O)CCN(CCO)C(=O)CCCOc1ccc(OC)cc1. The Kier molecular flexibility index (Phi) is 9.29. The number of aliphatic hydroxyl groups excluding tert-OH is 1. The third kappa shape index (κ3) is 7.32. The van der Waals surface area contributed by atoms with E-state index >= 15 is 0 Å². The average Bonchev–Trinajstić information content (AvgIpc) is 2.62. The maximum atomic E-state index is 12.1. The first-order valence-electron chi connectivity index (χ1n) is 7.83. The number of rotatable bonds is 11. The summed E-state index contributed by atoms with van der Waals surface area (Å²) in [6, 6.07) is 7.21. The van der Waals surface area contributed by atoms with Gasteiger partial charge in [-0.05, 0) is 30.7 Å². The predicted octanol–water partition coefficient (Wildman–Crippen LogP) is 1.24. The molecule has 0 saturated carbocycles. The second-order valence-electron chi connectivity index (χ2n) is 5.06. The molecule has 1 aromatic carbocycles. The van der Waals surface area contributed by atoms with Crippen LogP contribution >= 0.6 is 0 Å². The number of carbonyl (C=O) groups excluding carboxylic acids is 2. The molecule has 0 aliphatic heterocycles. The zero-order valence-electron chi connectivity index (χ0n) is 14.2. The van der Waals surface area contributed by atoms with Crippen LogP contribution in [0.2, 0.25) is 0 Å². The fourth-order valence-corrected chi connectivity index (χ4v) is 2.05. The molecule has 134 valence electrons. The molecule has 1 aromatic rings. The largest absolute Gasteiger partial charge is 0.497 e. The molecule has 0 heterocycles. The Labute approximate surface area is 142 Å². The normalized spacial score (nSPS) is 10.1. The van der Waals surface area contributed by atoms with Crippen LogP contribution in [-0.2, 0) is 14.3 Å². The number of amides is 1. The van der Waals surface area contributed by atoms with Gasteiger partial charge in [0.05, 0.1) is 33.9 Å². The molecular formula is C17H25NO6. The van der Waals surface area contributed by atoms with E-state index in [0.29, 0.717) is 18.8 Å². The molecule has 1 amide bonds. The zero-order chi connectivity index (χ0) is 17.8. The van der Waals surface area contributed by atoms with Gasteiger partial charge in [-0.15, -0.1) is 0 Å². The smallest absolute Gasteiger partial charge is 0.307 e. The van der Waals surface area contributed by atoms with E-state index in [-0.39, 0.29) is 44.4 Å². The first-order chi connectivity index (χ1) is 11.6. The van der Waals surface area contributed by atoms with Crippen LogP contribution in [0.4, 0.5) is 0 Å². The third-order valence-corrected chi connectivity index (χ3v) is 3.40. The lowest BCUT2D eigenvalue weighted by Crippen LogP contribution is -2.35. The minimum atomic E-state index is -0.381. The average molecular weight is 339 g/mol. The fraction of sp³-hybridized carbons (Fsp3) is 0.529.